The Labute approximate surface area is 245 Å². The number of phosphoric ester groups is 1. The molecule has 236 valence electrons. The average molecular weight is 660 g/mol. The Kier molecular flexibility index (Phi) is 7.00. The van der Waals surface area contributed by atoms with Crippen molar-refractivity contribution in [1.82, 2.24) is 43.8 Å². The number of rotatable bonds is 2. The zero-order chi connectivity index (χ0) is 31.0. The van der Waals surface area contributed by atoms with Crippen molar-refractivity contribution in [1.29, 1.82) is 0 Å². The molecule has 44 heavy (non-hydrogen) atoms. The summed E-state index contributed by atoms with van der Waals surface area (Å²) in [5.41, 5.74) is 12.1. The number of anilines is 2. The molecule has 7 N–H and O–H groups in total. The van der Waals surface area contributed by atoms with E-state index in [4.69, 9.17) is 34.2 Å². The lowest BCUT2D eigenvalue weighted by Crippen LogP contribution is -2.45. The summed E-state index contributed by atoms with van der Waals surface area (Å²) in [6, 6.07) is 0. The van der Waals surface area contributed by atoms with E-state index in [2.05, 4.69) is 34.7 Å². The number of nitrogen functional groups attached to an aromatic ring is 2. The van der Waals surface area contributed by atoms with Crippen LogP contribution in [0.15, 0.2) is 25.2 Å². The molecule has 4 aromatic rings. The minimum Gasteiger partial charge on any atom is -0.387 e. The van der Waals surface area contributed by atoms with E-state index in [-0.39, 0.29) is 34.1 Å². The van der Waals surface area contributed by atoms with Crippen LogP contribution in [-0.2, 0) is 37.6 Å². The molecule has 3 aliphatic rings. The minimum absolute atomic E-state index is 0.0130. The van der Waals surface area contributed by atoms with E-state index in [0.717, 1.165) is 17.2 Å². The van der Waals surface area contributed by atoms with Gasteiger partial charge < -0.3 is 30.9 Å². The molecule has 3 aliphatic heterocycles. The van der Waals surface area contributed by atoms with E-state index in [1.807, 2.05) is 0 Å². The fourth-order valence-electron chi connectivity index (χ4n) is 5.26. The molecule has 24 heteroatoms. The number of aromatic nitrogens is 8. The maximum absolute atomic E-state index is 15.9. The van der Waals surface area contributed by atoms with Crippen LogP contribution in [0, 0.1) is 0 Å². The van der Waals surface area contributed by atoms with E-state index >= 15 is 4.39 Å². The molecule has 0 aliphatic carbocycles. The third-order valence-corrected chi connectivity index (χ3v) is 9.25. The molecule has 0 radical (unpaired) electrons. The quantitative estimate of drug-likeness (QED) is 0.144. The van der Waals surface area contributed by atoms with E-state index in [1.54, 1.807) is 0 Å². The van der Waals surface area contributed by atoms with Crippen LogP contribution in [0.3, 0.4) is 0 Å². The van der Waals surface area contributed by atoms with Crippen molar-refractivity contribution in [3.05, 3.63) is 30.9 Å². The Bertz CT molecular complexity index is 1900. The van der Waals surface area contributed by atoms with Gasteiger partial charge in [0.25, 0.3) is 0 Å². The molecule has 3 fully saturated rings. The van der Waals surface area contributed by atoms with Crippen LogP contribution < -0.4 is 16.2 Å². The van der Waals surface area contributed by atoms with Crippen LogP contribution in [0.4, 0.5) is 16.0 Å². The van der Waals surface area contributed by atoms with Gasteiger partial charge in [0.15, 0.2) is 35.3 Å². The van der Waals surface area contributed by atoms with Gasteiger partial charge in [-0.05, 0) is 0 Å². The summed E-state index contributed by atoms with van der Waals surface area (Å²) >= 11 is 0. The molecule has 0 saturated carbocycles. The summed E-state index contributed by atoms with van der Waals surface area (Å²) in [7, 11) is -9.77. The molecule has 7 heterocycles. The van der Waals surface area contributed by atoms with Crippen LogP contribution in [0.5, 0.6) is 0 Å². The van der Waals surface area contributed by atoms with Gasteiger partial charge in [0, 0.05) is 6.54 Å². The van der Waals surface area contributed by atoms with Crippen molar-refractivity contribution in [2.45, 2.75) is 49.0 Å². The second-order valence-corrected chi connectivity index (χ2v) is 12.7. The predicted molar refractivity (Wildman–Crippen MR) is 140 cm³/mol. The zero-order valence-corrected chi connectivity index (χ0v) is 23.7. The standard InChI is InChI=1S/C20H23FN11O10PS/c21-10-14-8(40-20(10)31-6-28-11-16(22)25-4-27-18(11)31)2-30-44(36,37)42-15-9(3-38-43(34,35)41-14)39-13(12(15)33)7-1-24-19-17(23)26-5-29-32(7)19/h1,4-6,8-10,12-15,20,30,33H,2-3H2,(H,34,35)(H2,22,25,27)(H2,23,26,29)/t8-,9-,10-,12+,13+,14-,15-,20-/m1/s1. The number of nitrogens with one attached hydrogen (secondary N) is 1. The summed E-state index contributed by atoms with van der Waals surface area (Å²) < 4.78 is 86.4. The van der Waals surface area contributed by atoms with Crippen LogP contribution in [0.2, 0.25) is 0 Å². The number of ether oxygens (including phenoxy) is 2. The number of nitrogens with two attached hydrogens (primary N) is 2. The monoisotopic (exact) mass is 659 g/mol. The zero-order valence-electron chi connectivity index (χ0n) is 22.0. The number of hydrogen-bond donors (Lipinski definition) is 5. The second-order valence-electron chi connectivity index (χ2n) is 9.94. The summed E-state index contributed by atoms with van der Waals surface area (Å²) in [6.45, 7) is -1.51. The van der Waals surface area contributed by atoms with E-state index in [0.29, 0.717) is 0 Å². The Morgan fingerprint density at radius 1 is 1.05 bits per heavy atom. The SMILES string of the molecule is Nc1ncnc2c1ncn2[C@@H]1O[C@@H]2CNS(=O)(=O)O[C@H]3[C@@H](O)[C@H](c4cnc5c(N)ncnn45)O[C@@H]3COP(=O)(O)O[C@H]2[C@H]1F. The maximum atomic E-state index is 15.9. The third-order valence-electron chi connectivity index (χ3n) is 7.27. The van der Waals surface area contributed by atoms with Crippen LogP contribution in [0.1, 0.15) is 18.0 Å². The number of fused-ring (bicyclic) bond motifs is 4. The summed E-state index contributed by atoms with van der Waals surface area (Å²) in [4.78, 5) is 30.4. The molecule has 1 unspecified atom stereocenters. The van der Waals surface area contributed by atoms with Gasteiger partial charge in [-0.25, -0.2) is 42.6 Å². The highest BCUT2D eigenvalue weighted by atomic mass is 32.2. The number of hydrogen-bond acceptors (Lipinski definition) is 17. The van der Waals surface area contributed by atoms with Gasteiger partial charge in [-0.2, -0.15) is 18.2 Å². The van der Waals surface area contributed by atoms with Crippen molar-refractivity contribution in [2.24, 2.45) is 0 Å². The first kappa shape index (κ1) is 29.2. The van der Waals surface area contributed by atoms with Crippen molar-refractivity contribution < 1.29 is 50.1 Å². The number of halogens is 1. The van der Waals surface area contributed by atoms with Gasteiger partial charge in [0.2, 0.25) is 0 Å². The average Bonchev–Trinajstić information content (AvgIpc) is 3.73. The third kappa shape index (κ3) is 4.95. The molecular formula is C20H23FN11O10PS. The van der Waals surface area contributed by atoms with Gasteiger partial charge in [0.1, 0.15) is 54.8 Å². The largest absolute Gasteiger partial charge is 0.472 e. The smallest absolute Gasteiger partial charge is 0.387 e. The molecule has 0 bridgehead atoms. The topological polar surface area (TPSA) is 289 Å². The van der Waals surface area contributed by atoms with Crippen LogP contribution in [0.25, 0.3) is 16.8 Å². The first-order valence-corrected chi connectivity index (χ1v) is 15.7. The second kappa shape index (κ2) is 10.5. The normalized spacial score (nSPS) is 36.1. The van der Waals surface area contributed by atoms with E-state index in [1.165, 1.54) is 17.0 Å². The first-order valence-electron chi connectivity index (χ1n) is 12.8. The summed E-state index contributed by atoms with van der Waals surface area (Å²) in [5, 5.41) is 15.1. The first-order chi connectivity index (χ1) is 20.9. The number of aliphatic hydroxyl groups is 1. The lowest BCUT2D eigenvalue weighted by atomic mass is 10.1. The predicted octanol–water partition coefficient (Wildman–Crippen LogP) is -2.10. The number of imidazole rings is 2. The van der Waals surface area contributed by atoms with Crippen molar-refractivity contribution in [3.63, 3.8) is 0 Å². The number of nitrogens with zero attached hydrogens (tertiary/aromatic N) is 8. The maximum Gasteiger partial charge on any atom is 0.472 e. The summed E-state index contributed by atoms with van der Waals surface area (Å²) in [5.74, 6) is 0.0360. The molecule has 9 atom stereocenters. The molecular weight excluding hydrogens is 636 g/mol. The molecule has 21 nitrogen and oxygen atoms in total. The van der Waals surface area contributed by atoms with E-state index < -0.39 is 80.3 Å². The molecule has 4 aromatic heterocycles. The Morgan fingerprint density at radius 2 is 1.84 bits per heavy atom. The van der Waals surface area contributed by atoms with Gasteiger partial charge in [0.05, 0.1) is 24.8 Å². The molecule has 0 amide bonds. The van der Waals surface area contributed by atoms with Crippen LogP contribution >= 0.6 is 7.82 Å². The highest BCUT2D eigenvalue weighted by Gasteiger charge is 2.53. The minimum atomic E-state index is -5.07. The Morgan fingerprint density at radius 3 is 2.66 bits per heavy atom. The number of phosphoric acid groups is 1. The fraction of sp³-hybridized carbons (Fsp3) is 0.500. The van der Waals surface area contributed by atoms with E-state index in [9.17, 15) is 23.0 Å². The lowest BCUT2D eigenvalue weighted by Gasteiger charge is -2.26. The fourth-order valence-corrected chi connectivity index (χ4v) is 7.19. The Hall–Kier alpha value is -3.51. The highest BCUT2D eigenvalue weighted by Crippen LogP contribution is 2.50. The lowest BCUT2D eigenvalue weighted by molar-refractivity contribution is -0.0345. The molecule has 3 saturated heterocycles. The summed E-state index contributed by atoms with van der Waals surface area (Å²) in [6.07, 6.45) is -8.40. The van der Waals surface area contributed by atoms with Gasteiger partial charge in [-0.3, -0.25) is 13.6 Å². The van der Waals surface area contributed by atoms with Crippen molar-refractivity contribution in [3.8, 4) is 0 Å². The van der Waals surface area contributed by atoms with Crippen molar-refractivity contribution >= 4 is 46.6 Å². The van der Waals surface area contributed by atoms with Gasteiger partial charge >= 0.3 is 18.1 Å². The highest BCUT2D eigenvalue weighted by molar-refractivity contribution is 7.84. The Balaban J connectivity index is 1.17. The van der Waals surface area contributed by atoms with Gasteiger partial charge in [-0.1, -0.05) is 0 Å². The molecule has 0 spiro atoms. The molecule has 0 aromatic carbocycles. The van der Waals surface area contributed by atoms with Crippen LogP contribution in [-0.4, -0.2) is 107 Å². The van der Waals surface area contributed by atoms with Gasteiger partial charge in [-0.15, -0.1) is 0 Å². The van der Waals surface area contributed by atoms with Crippen molar-refractivity contribution in [2.75, 3.05) is 24.6 Å². The number of alkyl halides is 1. The molecule has 7 rings (SSSR count). The number of aliphatic hydroxyl groups excluding tert-OH is 1.